The molecule has 2 heterocycles. The molecule has 0 spiro atoms. The predicted octanol–water partition coefficient (Wildman–Crippen LogP) is 2.56. The number of nitrogens with zero attached hydrogens (tertiary/aromatic N) is 6. The molecule has 4 aromatic rings. The number of nitrogens with one attached hydrogen (secondary N) is 2. The van der Waals surface area contributed by atoms with Crippen LogP contribution in [0.3, 0.4) is 0 Å². The Morgan fingerprint density at radius 3 is 2.10 bits per heavy atom. The SMILES string of the molecule is CCn1c(O)c(C(N)=O)c(C)c(N=Nc2cc(Nc3nc(Cl)nc(Nc4ccc(S(=O)(=O)CCOS(=O)(=O)O)cc4)n3)ccc2S(=O)(=O)O)c1=O. The van der Waals surface area contributed by atoms with Gasteiger partial charge in [0.05, 0.1) is 17.3 Å². The van der Waals surface area contributed by atoms with Crippen LogP contribution >= 0.6 is 11.6 Å². The number of aromatic hydroxyl groups is 1. The lowest BCUT2D eigenvalue weighted by Gasteiger charge is -2.13. The largest absolute Gasteiger partial charge is 0.494 e. The van der Waals surface area contributed by atoms with E-state index >= 15 is 0 Å². The van der Waals surface area contributed by atoms with Gasteiger partial charge in [0.15, 0.2) is 15.5 Å². The van der Waals surface area contributed by atoms with Crippen molar-refractivity contribution < 1.29 is 48.4 Å². The maximum absolute atomic E-state index is 13.0. The van der Waals surface area contributed by atoms with Crippen LogP contribution in [0.5, 0.6) is 5.88 Å². The van der Waals surface area contributed by atoms with Gasteiger partial charge < -0.3 is 21.5 Å². The van der Waals surface area contributed by atoms with Gasteiger partial charge >= 0.3 is 10.4 Å². The van der Waals surface area contributed by atoms with E-state index in [1.54, 1.807) is 0 Å². The standard InChI is InChI=1S/C26H26ClN9O12S3/c1-3-36-22(38)19(21(28)37)13(2)20(23(36)39)35-34-17-12-15(6-9-18(17)50(42,43)44)30-26-32-24(27)31-25(33-26)29-14-4-7-16(8-5-14)49(40,41)11-10-48-51(45,46)47/h4-9,12,38H,3,10-11H2,1-2H3,(H2,28,37)(H,42,43,44)(H,45,46,47)(H2,29,30,31,32,33). The van der Waals surface area contributed by atoms with Crippen molar-refractivity contribution in [1.82, 2.24) is 19.5 Å². The first-order chi connectivity index (χ1) is 23.7. The van der Waals surface area contributed by atoms with Gasteiger partial charge in [-0.15, -0.1) is 10.2 Å². The van der Waals surface area contributed by atoms with E-state index in [9.17, 15) is 44.5 Å². The highest BCUT2D eigenvalue weighted by molar-refractivity contribution is 7.91. The lowest BCUT2D eigenvalue weighted by molar-refractivity contribution is 0.0995. The Bertz CT molecular complexity index is 2440. The van der Waals surface area contributed by atoms with E-state index in [4.69, 9.17) is 21.9 Å². The van der Waals surface area contributed by atoms with E-state index in [0.717, 1.165) is 16.7 Å². The summed E-state index contributed by atoms with van der Waals surface area (Å²) < 4.78 is 93.7. The number of hydrogen-bond acceptors (Lipinski definition) is 17. The molecule has 272 valence electrons. The second kappa shape index (κ2) is 15.0. The van der Waals surface area contributed by atoms with Gasteiger partial charge in [0, 0.05) is 23.5 Å². The fourth-order valence-electron chi connectivity index (χ4n) is 4.34. The number of anilines is 4. The molecule has 4 rings (SSSR count). The number of primary amides is 1. The van der Waals surface area contributed by atoms with E-state index < -0.39 is 81.9 Å². The van der Waals surface area contributed by atoms with Crippen molar-refractivity contribution in [2.24, 2.45) is 16.0 Å². The highest BCUT2D eigenvalue weighted by atomic mass is 35.5. The molecule has 0 fully saturated rings. The van der Waals surface area contributed by atoms with Gasteiger partial charge in [-0.3, -0.25) is 23.3 Å². The number of pyridine rings is 1. The van der Waals surface area contributed by atoms with E-state index in [0.29, 0.717) is 0 Å². The number of benzene rings is 2. The molecule has 1 amide bonds. The van der Waals surface area contributed by atoms with Crippen LogP contribution in [0.25, 0.3) is 0 Å². The fraction of sp³-hybridized carbons (Fsp3) is 0.192. The van der Waals surface area contributed by atoms with Gasteiger partial charge in [-0.2, -0.15) is 31.8 Å². The van der Waals surface area contributed by atoms with Gasteiger partial charge in [-0.1, -0.05) is 0 Å². The molecule has 7 N–H and O–H groups in total. The number of carbonyl (C=O) groups excluding carboxylic acids is 1. The van der Waals surface area contributed by atoms with Crippen LogP contribution in [0.1, 0.15) is 22.8 Å². The summed E-state index contributed by atoms with van der Waals surface area (Å²) in [4.78, 5) is 36.1. The van der Waals surface area contributed by atoms with Crippen LogP contribution in [-0.4, -0.2) is 77.3 Å². The molecule has 25 heteroatoms. The van der Waals surface area contributed by atoms with Crippen molar-refractivity contribution in [3.8, 4) is 5.88 Å². The van der Waals surface area contributed by atoms with Crippen LogP contribution in [0.15, 0.2) is 67.3 Å². The number of hydrogen-bond donors (Lipinski definition) is 6. The van der Waals surface area contributed by atoms with Gasteiger partial charge in [0.1, 0.15) is 16.1 Å². The number of amides is 1. The maximum atomic E-state index is 13.0. The zero-order chi connectivity index (χ0) is 37.9. The van der Waals surface area contributed by atoms with Gasteiger partial charge in [-0.05, 0) is 67.9 Å². The molecular formula is C26H26ClN9O12S3. The van der Waals surface area contributed by atoms with Gasteiger partial charge in [0.2, 0.25) is 23.1 Å². The average molecular weight is 788 g/mol. The molecule has 51 heavy (non-hydrogen) atoms. The average Bonchev–Trinajstić information content (AvgIpc) is 3.00. The van der Waals surface area contributed by atoms with Crippen LogP contribution in [0.4, 0.5) is 34.6 Å². The highest BCUT2D eigenvalue weighted by Crippen LogP contribution is 2.32. The van der Waals surface area contributed by atoms with E-state index in [1.165, 1.54) is 44.2 Å². The van der Waals surface area contributed by atoms with Crippen molar-refractivity contribution in [2.75, 3.05) is 23.0 Å². The Kier molecular flexibility index (Phi) is 11.4. The third-order valence-corrected chi connectivity index (χ3v) is 9.86. The number of halogens is 1. The molecule has 0 unspecified atom stereocenters. The summed E-state index contributed by atoms with van der Waals surface area (Å²) >= 11 is 6.06. The lowest BCUT2D eigenvalue weighted by Crippen LogP contribution is -2.25. The maximum Gasteiger partial charge on any atom is 0.397 e. The Hall–Kier alpha value is -5.11. The number of rotatable bonds is 14. The van der Waals surface area contributed by atoms with Gasteiger partial charge in [0.25, 0.3) is 21.6 Å². The number of sulfone groups is 1. The summed E-state index contributed by atoms with van der Waals surface area (Å²) in [7, 11) is -13.7. The zero-order valence-corrected chi connectivity index (χ0v) is 29.2. The van der Waals surface area contributed by atoms with Crippen molar-refractivity contribution in [2.45, 2.75) is 30.2 Å². The molecule has 0 aliphatic rings. The third kappa shape index (κ3) is 9.57. The number of nitrogens with two attached hydrogens (primary N) is 1. The third-order valence-electron chi connectivity index (χ3n) is 6.63. The minimum Gasteiger partial charge on any atom is -0.494 e. The smallest absolute Gasteiger partial charge is 0.397 e. The van der Waals surface area contributed by atoms with E-state index in [1.807, 2.05) is 0 Å². The number of azo groups is 1. The lowest BCUT2D eigenvalue weighted by atomic mass is 10.1. The van der Waals surface area contributed by atoms with E-state index in [-0.39, 0.29) is 45.6 Å². The second-order valence-electron chi connectivity index (χ2n) is 10.0. The molecule has 0 aliphatic heterocycles. The first-order valence-electron chi connectivity index (χ1n) is 13.9. The van der Waals surface area contributed by atoms with Crippen molar-refractivity contribution in [3.05, 3.63) is 69.2 Å². The molecular weight excluding hydrogens is 762 g/mol. The van der Waals surface area contributed by atoms with Crippen LogP contribution in [0.2, 0.25) is 5.28 Å². The summed E-state index contributed by atoms with van der Waals surface area (Å²) in [5.41, 5.74) is 3.39. The second-order valence-corrected chi connectivity index (χ2v) is 15.0. The molecule has 0 bridgehead atoms. The minimum atomic E-state index is -4.89. The molecule has 0 aliphatic carbocycles. The van der Waals surface area contributed by atoms with Crippen LogP contribution < -0.4 is 21.9 Å². The monoisotopic (exact) mass is 787 g/mol. The number of aromatic nitrogens is 4. The molecule has 2 aromatic carbocycles. The van der Waals surface area contributed by atoms with E-state index in [2.05, 4.69) is 40.0 Å². The topological polar surface area (TPSA) is 325 Å². The molecule has 21 nitrogen and oxygen atoms in total. The van der Waals surface area contributed by atoms with Gasteiger partial charge in [-0.25, -0.2) is 12.6 Å². The minimum absolute atomic E-state index is 0.0725. The predicted molar refractivity (Wildman–Crippen MR) is 179 cm³/mol. The van der Waals surface area contributed by atoms with Crippen molar-refractivity contribution in [3.63, 3.8) is 0 Å². The Balaban J connectivity index is 1.62. The molecule has 0 saturated carbocycles. The Morgan fingerprint density at radius 2 is 1.55 bits per heavy atom. The molecule has 0 radical (unpaired) electrons. The fourth-order valence-corrected chi connectivity index (χ4v) is 6.59. The van der Waals surface area contributed by atoms with Crippen molar-refractivity contribution >= 4 is 82.5 Å². The summed E-state index contributed by atoms with van der Waals surface area (Å²) in [6.45, 7) is 1.89. The highest BCUT2D eigenvalue weighted by Gasteiger charge is 2.23. The summed E-state index contributed by atoms with van der Waals surface area (Å²) in [6.07, 6.45) is 0. The Labute approximate surface area is 293 Å². The first-order valence-corrected chi connectivity index (χ1v) is 18.7. The van der Waals surface area contributed by atoms with Crippen LogP contribution in [0, 0.1) is 6.92 Å². The summed E-state index contributed by atoms with van der Waals surface area (Å²) in [5, 5.41) is 23.2. The number of carbonyl (C=O) groups is 1. The Morgan fingerprint density at radius 1 is 0.961 bits per heavy atom. The molecule has 2 aromatic heterocycles. The molecule has 0 atom stereocenters. The van der Waals surface area contributed by atoms with Crippen LogP contribution in [-0.2, 0) is 41.1 Å². The first kappa shape index (κ1) is 38.7. The molecule has 0 saturated heterocycles. The quantitative estimate of drug-likeness (QED) is 0.0790. The van der Waals surface area contributed by atoms with Crippen molar-refractivity contribution in [1.29, 1.82) is 0 Å². The summed E-state index contributed by atoms with van der Waals surface area (Å²) in [5.74, 6) is -2.82. The summed E-state index contributed by atoms with van der Waals surface area (Å²) in [6, 6.07) is 8.34. The zero-order valence-electron chi connectivity index (χ0n) is 26.0. The normalized spacial score (nSPS) is 12.3.